The number of aromatic nitrogens is 1. The third-order valence-electron chi connectivity index (χ3n) is 3.46. The Labute approximate surface area is 135 Å². The number of pyridine rings is 1. The van der Waals surface area contributed by atoms with Crippen LogP contribution >= 0.6 is 12.4 Å². The second kappa shape index (κ2) is 7.05. The molecule has 0 saturated carbocycles. The minimum absolute atomic E-state index is 0. The monoisotopic (exact) mass is 313 g/mol. The Morgan fingerprint density at radius 2 is 1.82 bits per heavy atom. The third-order valence-corrected chi connectivity index (χ3v) is 3.46. The number of carbonyl (C=O) groups is 1. The van der Waals surface area contributed by atoms with E-state index in [4.69, 9.17) is 4.74 Å². The molecule has 0 aliphatic carbocycles. The van der Waals surface area contributed by atoms with Gasteiger partial charge >= 0.3 is 5.97 Å². The molecule has 0 saturated heterocycles. The Kier molecular flexibility index (Phi) is 5.12. The number of methoxy groups -OCH3 is 1. The first-order chi connectivity index (χ1) is 10.3. The molecule has 0 fully saturated rings. The molecule has 0 aliphatic rings. The lowest BCUT2D eigenvalue weighted by molar-refractivity contribution is 0.0601. The summed E-state index contributed by atoms with van der Waals surface area (Å²) in [5.74, 6) is -0.309. The van der Waals surface area contributed by atoms with Crippen LogP contribution in [0.4, 0.5) is 0 Å². The molecule has 0 radical (unpaired) electrons. The van der Waals surface area contributed by atoms with E-state index in [2.05, 4.69) is 23.2 Å². The van der Waals surface area contributed by atoms with Gasteiger partial charge in [-0.15, -0.1) is 12.4 Å². The number of hydrogen-bond donors (Lipinski definition) is 0. The number of hydrogen-bond acceptors (Lipinski definition) is 3. The SMILES string of the molecule is COC(=O)c1ccc2cc(Cc3cccnc3)ccc2c1.Cl. The summed E-state index contributed by atoms with van der Waals surface area (Å²) in [7, 11) is 1.39. The minimum atomic E-state index is -0.309. The molecule has 0 unspecified atom stereocenters. The van der Waals surface area contributed by atoms with Crippen LogP contribution in [0, 0.1) is 0 Å². The molecule has 0 atom stereocenters. The second-order valence-corrected chi connectivity index (χ2v) is 4.93. The summed E-state index contributed by atoms with van der Waals surface area (Å²) < 4.78 is 4.74. The van der Waals surface area contributed by atoms with Gasteiger partial charge in [-0.05, 0) is 46.5 Å². The molecule has 0 aliphatic heterocycles. The Morgan fingerprint density at radius 3 is 2.55 bits per heavy atom. The number of benzene rings is 2. The first-order valence-electron chi connectivity index (χ1n) is 6.76. The summed E-state index contributed by atoms with van der Waals surface area (Å²) in [6, 6.07) is 15.9. The van der Waals surface area contributed by atoms with Crippen molar-refractivity contribution >= 4 is 29.1 Å². The van der Waals surface area contributed by atoms with Gasteiger partial charge in [0.25, 0.3) is 0 Å². The fraction of sp³-hybridized carbons (Fsp3) is 0.111. The molecule has 0 spiro atoms. The summed E-state index contributed by atoms with van der Waals surface area (Å²) in [5, 5.41) is 2.15. The highest BCUT2D eigenvalue weighted by Gasteiger charge is 2.06. The van der Waals surface area contributed by atoms with Gasteiger partial charge in [-0.25, -0.2) is 4.79 Å². The summed E-state index contributed by atoms with van der Waals surface area (Å²) in [4.78, 5) is 15.7. The van der Waals surface area contributed by atoms with Crippen LogP contribution in [0.2, 0.25) is 0 Å². The summed E-state index contributed by atoms with van der Waals surface area (Å²) in [6.45, 7) is 0. The molecule has 4 heteroatoms. The molecule has 3 nitrogen and oxygen atoms in total. The van der Waals surface area contributed by atoms with Crippen molar-refractivity contribution in [3.8, 4) is 0 Å². The van der Waals surface area contributed by atoms with E-state index in [-0.39, 0.29) is 18.4 Å². The Morgan fingerprint density at radius 1 is 1.05 bits per heavy atom. The van der Waals surface area contributed by atoms with Crippen LogP contribution in [0.25, 0.3) is 10.8 Å². The summed E-state index contributed by atoms with van der Waals surface area (Å²) in [6.07, 6.45) is 4.51. The van der Waals surface area contributed by atoms with Gasteiger partial charge in [0.1, 0.15) is 0 Å². The number of fused-ring (bicyclic) bond motifs is 1. The van der Waals surface area contributed by atoms with Gasteiger partial charge in [-0.2, -0.15) is 0 Å². The van der Waals surface area contributed by atoms with Crippen molar-refractivity contribution in [2.45, 2.75) is 6.42 Å². The largest absolute Gasteiger partial charge is 0.465 e. The average molecular weight is 314 g/mol. The van der Waals surface area contributed by atoms with E-state index in [1.807, 2.05) is 30.5 Å². The highest BCUT2D eigenvalue weighted by atomic mass is 35.5. The van der Waals surface area contributed by atoms with Crippen molar-refractivity contribution in [1.29, 1.82) is 0 Å². The predicted octanol–water partition coefficient (Wildman–Crippen LogP) is 4.03. The van der Waals surface area contributed by atoms with Crippen LogP contribution in [-0.2, 0) is 11.2 Å². The zero-order valence-corrected chi connectivity index (χ0v) is 13.0. The number of carbonyl (C=O) groups excluding carboxylic acids is 1. The van der Waals surface area contributed by atoms with E-state index in [9.17, 15) is 4.79 Å². The molecule has 3 aromatic rings. The number of nitrogens with zero attached hydrogens (tertiary/aromatic N) is 1. The topological polar surface area (TPSA) is 39.2 Å². The van der Waals surface area contributed by atoms with Crippen molar-refractivity contribution in [3.05, 3.63) is 77.6 Å². The molecular weight excluding hydrogens is 298 g/mol. The van der Waals surface area contributed by atoms with E-state index < -0.39 is 0 Å². The van der Waals surface area contributed by atoms with E-state index in [1.165, 1.54) is 18.2 Å². The number of ether oxygens (including phenoxy) is 1. The fourth-order valence-electron chi connectivity index (χ4n) is 2.39. The van der Waals surface area contributed by atoms with Gasteiger partial charge in [0.05, 0.1) is 12.7 Å². The van der Waals surface area contributed by atoms with Crippen molar-refractivity contribution < 1.29 is 9.53 Å². The fourth-order valence-corrected chi connectivity index (χ4v) is 2.39. The van der Waals surface area contributed by atoms with Crippen LogP contribution in [0.3, 0.4) is 0 Å². The van der Waals surface area contributed by atoms with Gasteiger partial charge in [-0.3, -0.25) is 4.98 Å². The van der Waals surface area contributed by atoms with Crippen LogP contribution in [0.15, 0.2) is 60.9 Å². The average Bonchev–Trinajstić information content (AvgIpc) is 2.54. The molecule has 1 aromatic heterocycles. The summed E-state index contributed by atoms with van der Waals surface area (Å²) >= 11 is 0. The third kappa shape index (κ3) is 3.43. The molecule has 0 bridgehead atoms. The minimum Gasteiger partial charge on any atom is -0.465 e. The first kappa shape index (κ1) is 16.0. The Hall–Kier alpha value is -2.39. The van der Waals surface area contributed by atoms with Gasteiger partial charge in [0.15, 0.2) is 0 Å². The molecule has 0 N–H and O–H groups in total. The van der Waals surface area contributed by atoms with E-state index in [0.29, 0.717) is 5.56 Å². The lowest BCUT2D eigenvalue weighted by Crippen LogP contribution is -2.00. The lowest BCUT2D eigenvalue weighted by atomic mass is 10.0. The van der Waals surface area contributed by atoms with Crippen LogP contribution in [0.1, 0.15) is 21.5 Å². The normalized spacial score (nSPS) is 10.0. The first-order valence-corrected chi connectivity index (χ1v) is 6.76. The highest BCUT2D eigenvalue weighted by molar-refractivity contribution is 5.95. The maximum atomic E-state index is 11.5. The van der Waals surface area contributed by atoms with Gasteiger partial charge in [0.2, 0.25) is 0 Å². The Bertz CT molecular complexity index is 787. The van der Waals surface area contributed by atoms with Crippen molar-refractivity contribution in [1.82, 2.24) is 4.98 Å². The second-order valence-electron chi connectivity index (χ2n) is 4.93. The zero-order chi connectivity index (χ0) is 14.7. The molecule has 22 heavy (non-hydrogen) atoms. The van der Waals surface area contributed by atoms with Crippen molar-refractivity contribution in [2.75, 3.05) is 7.11 Å². The molecule has 0 amide bonds. The summed E-state index contributed by atoms with van der Waals surface area (Å²) in [5.41, 5.74) is 2.98. The quantitative estimate of drug-likeness (QED) is 0.685. The predicted molar refractivity (Wildman–Crippen MR) is 89.6 cm³/mol. The molecular formula is C18H16ClNO2. The van der Waals surface area contributed by atoms with E-state index in [1.54, 1.807) is 12.3 Å². The maximum Gasteiger partial charge on any atom is 0.337 e. The molecule has 112 valence electrons. The maximum absolute atomic E-state index is 11.5. The van der Waals surface area contributed by atoms with Crippen LogP contribution in [0.5, 0.6) is 0 Å². The van der Waals surface area contributed by atoms with E-state index >= 15 is 0 Å². The molecule has 3 rings (SSSR count). The highest BCUT2D eigenvalue weighted by Crippen LogP contribution is 2.20. The van der Waals surface area contributed by atoms with Crippen LogP contribution in [-0.4, -0.2) is 18.1 Å². The smallest absolute Gasteiger partial charge is 0.337 e. The lowest BCUT2D eigenvalue weighted by Gasteiger charge is -2.06. The molecule has 1 heterocycles. The van der Waals surface area contributed by atoms with E-state index in [0.717, 1.165) is 17.2 Å². The standard InChI is InChI=1S/C18H15NO2.ClH/c1-21-18(20)17-7-6-15-10-13(4-5-16(15)11-17)9-14-3-2-8-19-12-14;/h2-8,10-12H,9H2,1H3;1H. The van der Waals surface area contributed by atoms with Crippen LogP contribution < -0.4 is 0 Å². The zero-order valence-electron chi connectivity index (χ0n) is 12.2. The number of halogens is 1. The number of esters is 1. The van der Waals surface area contributed by atoms with Crippen molar-refractivity contribution in [2.24, 2.45) is 0 Å². The van der Waals surface area contributed by atoms with Crippen molar-refractivity contribution in [3.63, 3.8) is 0 Å². The number of rotatable bonds is 3. The molecule has 2 aromatic carbocycles. The van der Waals surface area contributed by atoms with Gasteiger partial charge in [0, 0.05) is 12.4 Å². The Balaban J connectivity index is 0.00000176. The van der Waals surface area contributed by atoms with Gasteiger partial charge in [-0.1, -0.05) is 30.3 Å². The van der Waals surface area contributed by atoms with Gasteiger partial charge < -0.3 is 4.74 Å².